The van der Waals surface area contributed by atoms with Crippen LogP contribution in [-0.2, 0) is 11.0 Å². The molecule has 0 spiro atoms. The zero-order valence-electron chi connectivity index (χ0n) is 13.9. The van der Waals surface area contributed by atoms with Crippen LogP contribution in [0.25, 0.3) is 0 Å². The number of halogens is 3. The fourth-order valence-corrected chi connectivity index (χ4v) is 3.54. The van der Waals surface area contributed by atoms with Gasteiger partial charge in [-0.25, -0.2) is 0 Å². The number of hydrogen-bond donors (Lipinski definition) is 1. The molecule has 26 heavy (non-hydrogen) atoms. The van der Waals surface area contributed by atoms with Gasteiger partial charge in [0.25, 0.3) is 0 Å². The third kappa shape index (κ3) is 3.28. The Bertz CT molecular complexity index is 817. The molecule has 136 valence electrons. The largest absolute Gasteiger partial charge is 0.493 e. The smallest absolute Gasteiger partial charge is 0.416 e. The summed E-state index contributed by atoms with van der Waals surface area (Å²) in [6, 6.07) is 12.7. The number of amides is 1. The van der Waals surface area contributed by atoms with Crippen LogP contribution in [0.15, 0.2) is 48.5 Å². The van der Waals surface area contributed by atoms with Crippen LogP contribution in [0.2, 0.25) is 0 Å². The quantitative estimate of drug-likeness (QED) is 0.877. The number of nitrogens with one attached hydrogen (secondary N) is 1. The van der Waals surface area contributed by atoms with Crippen molar-refractivity contribution >= 4 is 5.91 Å². The molecule has 3 unspecified atom stereocenters. The van der Waals surface area contributed by atoms with Crippen molar-refractivity contribution in [2.45, 2.75) is 31.0 Å². The summed E-state index contributed by atoms with van der Waals surface area (Å²) in [6.07, 6.45) is -2.96. The molecule has 4 rings (SSSR count). The van der Waals surface area contributed by atoms with Gasteiger partial charge in [-0.05, 0) is 36.1 Å². The molecule has 2 aliphatic rings. The normalized spacial score (nSPS) is 24.3. The van der Waals surface area contributed by atoms with E-state index in [1.807, 2.05) is 24.3 Å². The van der Waals surface area contributed by atoms with Crippen molar-refractivity contribution in [2.24, 2.45) is 5.92 Å². The number of carbonyl (C=O) groups is 1. The van der Waals surface area contributed by atoms with Gasteiger partial charge in [0.1, 0.15) is 5.75 Å². The van der Waals surface area contributed by atoms with Crippen molar-refractivity contribution in [2.75, 3.05) is 6.61 Å². The Morgan fingerprint density at radius 3 is 2.54 bits per heavy atom. The molecule has 2 aromatic rings. The van der Waals surface area contributed by atoms with Crippen LogP contribution in [-0.4, -0.2) is 12.5 Å². The van der Waals surface area contributed by atoms with Crippen LogP contribution in [0, 0.1) is 5.92 Å². The Kier molecular flexibility index (Phi) is 4.13. The van der Waals surface area contributed by atoms with E-state index in [2.05, 4.69) is 5.32 Å². The fraction of sp³-hybridized carbons (Fsp3) is 0.350. The Morgan fingerprint density at radius 2 is 1.81 bits per heavy atom. The van der Waals surface area contributed by atoms with Crippen LogP contribution < -0.4 is 10.1 Å². The maximum atomic E-state index is 12.6. The highest BCUT2D eigenvalue weighted by Crippen LogP contribution is 2.48. The summed E-state index contributed by atoms with van der Waals surface area (Å²) in [5, 5.41) is 3.07. The first kappa shape index (κ1) is 16.9. The Balaban J connectivity index is 1.41. The van der Waals surface area contributed by atoms with Crippen molar-refractivity contribution in [3.05, 3.63) is 65.2 Å². The predicted molar refractivity (Wildman–Crippen MR) is 89.7 cm³/mol. The summed E-state index contributed by atoms with van der Waals surface area (Å²) in [4.78, 5) is 12.6. The van der Waals surface area contributed by atoms with E-state index in [4.69, 9.17) is 4.74 Å². The minimum Gasteiger partial charge on any atom is -0.493 e. The number of ether oxygens (including phenoxy) is 1. The first-order valence-corrected chi connectivity index (χ1v) is 8.63. The van der Waals surface area contributed by atoms with Crippen molar-refractivity contribution in [1.82, 2.24) is 5.32 Å². The SMILES string of the molecule is O=C(NC1CCOc2ccccc21)C1CC1c1ccc(C(F)(F)F)cc1. The molecule has 0 radical (unpaired) electrons. The molecule has 0 saturated heterocycles. The van der Waals surface area contributed by atoms with E-state index in [1.54, 1.807) is 0 Å². The average molecular weight is 361 g/mol. The predicted octanol–water partition coefficient (Wildman–Crippen LogP) is 4.45. The van der Waals surface area contributed by atoms with Gasteiger partial charge in [-0.15, -0.1) is 0 Å². The molecule has 1 aliphatic heterocycles. The third-order valence-electron chi connectivity index (χ3n) is 5.07. The van der Waals surface area contributed by atoms with E-state index >= 15 is 0 Å². The fourth-order valence-electron chi connectivity index (χ4n) is 3.54. The lowest BCUT2D eigenvalue weighted by Crippen LogP contribution is -2.33. The minimum atomic E-state index is -4.34. The summed E-state index contributed by atoms with van der Waals surface area (Å²) < 4.78 is 43.5. The molecule has 2 aromatic carbocycles. The van der Waals surface area contributed by atoms with Crippen LogP contribution in [0.3, 0.4) is 0 Å². The summed E-state index contributed by atoms with van der Waals surface area (Å²) >= 11 is 0. The molecule has 6 heteroatoms. The van der Waals surface area contributed by atoms with Gasteiger partial charge in [0.15, 0.2) is 0 Å². The Labute approximate surface area is 149 Å². The van der Waals surface area contributed by atoms with Crippen LogP contribution in [0.1, 0.15) is 41.5 Å². The maximum Gasteiger partial charge on any atom is 0.416 e. The van der Waals surface area contributed by atoms with Gasteiger partial charge in [-0.1, -0.05) is 30.3 Å². The summed E-state index contributed by atoms with van der Waals surface area (Å²) in [6.45, 7) is 0.551. The standard InChI is InChI=1S/C20H18F3NO2/c21-20(22,23)13-7-5-12(6-8-13)15-11-16(15)19(25)24-17-9-10-26-18-4-2-1-3-14(17)18/h1-8,15-17H,9-11H2,(H,24,25). The summed E-state index contributed by atoms with van der Waals surface area (Å²) in [7, 11) is 0. The second-order valence-electron chi connectivity index (χ2n) is 6.80. The van der Waals surface area contributed by atoms with Gasteiger partial charge in [0, 0.05) is 17.9 Å². The first-order valence-electron chi connectivity index (χ1n) is 8.63. The minimum absolute atomic E-state index is 0.00707. The lowest BCUT2D eigenvalue weighted by Gasteiger charge is -2.26. The van der Waals surface area contributed by atoms with Gasteiger partial charge in [-0.3, -0.25) is 4.79 Å². The summed E-state index contributed by atoms with van der Waals surface area (Å²) in [5.41, 5.74) is 1.09. The monoisotopic (exact) mass is 361 g/mol. The van der Waals surface area contributed by atoms with E-state index in [9.17, 15) is 18.0 Å². The van der Waals surface area contributed by atoms with Crippen LogP contribution >= 0.6 is 0 Å². The molecule has 3 atom stereocenters. The van der Waals surface area contributed by atoms with E-state index < -0.39 is 11.7 Å². The van der Waals surface area contributed by atoms with E-state index in [0.717, 1.165) is 29.0 Å². The van der Waals surface area contributed by atoms with Crippen LogP contribution in [0.5, 0.6) is 5.75 Å². The maximum absolute atomic E-state index is 12.6. The highest BCUT2D eigenvalue weighted by molar-refractivity contribution is 5.83. The lowest BCUT2D eigenvalue weighted by molar-refractivity contribution is -0.137. The van der Waals surface area contributed by atoms with Crippen molar-refractivity contribution in [1.29, 1.82) is 0 Å². The second kappa shape index (κ2) is 6.34. The molecular formula is C20H18F3NO2. The number of benzene rings is 2. The summed E-state index contributed by atoms with van der Waals surface area (Å²) in [5.74, 6) is 0.560. The number of fused-ring (bicyclic) bond motifs is 1. The van der Waals surface area contributed by atoms with Crippen molar-refractivity contribution < 1.29 is 22.7 Å². The molecule has 3 nitrogen and oxygen atoms in total. The zero-order chi connectivity index (χ0) is 18.3. The molecule has 1 heterocycles. The van der Waals surface area contributed by atoms with E-state index in [1.165, 1.54) is 12.1 Å². The molecule has 1 N–H and O–H groups in total. The van der Waals surface area contributed by atoms with E-state index in [-0.39, 0.29) is 23.8 Å². The molecular weight excluding hydrogens is 343 g/mol. The lowest BCUT2D eigenvalue weighted by atomic mass is 10.00. The Hall–Kier alpha value is -2.50. The molecule has 0 bridgehead atoms. The number of carbonyl (C=O) groups excluding carboxylic acids is 1. The average Bonchev–Trinajstić information content (AvgIpc) is 3.42. The number of hydrogen-bond acceptors (Lipinski definition) is 2. The van der Waals surface area contributed by atoms with Crippen LogP contribution in [0.4, 0.5) is 13.2 Å². The molecule has 1 amide bonds. The van der Waals surface area contributed by atoms with Crippen molar-refractivity contribution in [3.8, 4) is 5.75 Å². The van der Waals surface area contributed by atoms with Gasteiger partial charge < -0.3 is 10.1 Å². The highest BCUT2D eigenvalue weighted by Gasteiger charge is 2.45. The highest BCUT2D eigenvalue weighted by atomic mass is 19.4. The molecule has 1 aliphatic carbocycles. The van der Waals surface area contributed by atoms with Gasteiger partial charge in [0.05, 0.1) is 18.2 Å². The number of rotatable bonds is 3. The van der Waals surface area contributed by atoms with Gasteiger partial charge in [0.2, 0.25) is 5.91 Å². The zero-order valence-corrected chi connectivity index (χ0v) is 13.9. The topological polar surface area (TPSA) is 38.3 Å². The molecule has 1 saturated carbocycles. The van der Waals surface area contributed by atoms with Gasteiger partial charge in [-0.2, -0.15) is 13.2 Å². The van der Waals surface area contributed by atoms with Crippen molar-refractivity contribution in [3.63, 3.8) is 0 Å². The third-order valence-corrected chi connectivity index (χ3v) is 5.07. The molecule has 1 fully saturated rings. The second-order valence-corrected chi connectivity index (χ2v) is 6.80. The Morgan fingerprint density at radius 1 is 1.08 bits per heavy atom. The number of alkyl halides is 3. The van der Waals surface area contributed by atoms with Gasteiger partial charge >= 0.3 is 6.18 Å². The first-order chi connectivity index (χ1) is 12.4. The number of para-hydroxylation sites is 1. The van der Waals surface area contributed by atoms with E-state index in [0.29, 0.717) is 19.4 Å². The molecule has 0 aromatic heterocycles.